The van der Waals surface area contributed by atoms with E-state index in [1.54, 1.807) is 6.92 Å². The van der Waals surface area contributed by atoms with E-state index in [0.717, 1.165) is 43.3 Å². The highest BCUT2D eigenvalue weighted by Gasteiger charge is 2.26. The maximum Gasteiger partial charge on any atom is 0.226 e. The molecular weight excluding hydrogens is 240 g/mol. The normalized spacial score (nSPS) is 18.7. The molecule has 0 aromatic carbocycles. The summed E-state index contributed by atoms with van der Waals surface area (Å²) in [5.41, 5.74) is 2.02. The van der Waals surface area contributed by atoms with Gasteiger partial charge in [-0.15, -0.1) is 0 Å². The molecule has 0 spiro atoms. The minimum Gasteiger partial charge on any atom is -0.356 e. The summed E-state index contributed by atoms with van der Waals surface area (Å²) >= 11 is 0. The molecule has 5 nitrogen and oxygen atoms in total. The molecule has 19 heavy (non-hydrogen) atoms. The zero-order valence-corrected chi connectivity index (χ0v) is 11.9. The Labute approximate surface area is 114 Å². The molecule has 0 unspecified atom stereocenters. The maximum atomic E-state index is 10.9. The van der Waals surface area contributed by atoms with Crippen molar-refractivity contribution >= 4 is 11.9 Å². The lowest BCUT2D eigenvalue weighted by molar-refractivity contribution is -0.118. The molecule has 1 aliphatic heterocycles. The molecule has 2 heterocycles. The Morgan fingerprint density at radius 2 is 2.11 bits per heavy atom. The zero-order chi connectivity index (χ0) is 13.8. The van der Waals surface area contributed by atoms with Crippen LogP contribution in [0.25, 0.3) is 0 Å². The van der Waals surface area contributed by atoms with Crippen LogP contribution < -0.4 is 10.2 Å². The van der Waals surface area contributed by atoms with Crippen LogP contribution in [0.3, 0.4) is 0 Å². The number of aryl methyl sites for hydroxylation is 2. The first-order valence-corrected chi connectivity index (χ1v) is 6.89. The van der Waals surface area contributed by atoms with Gasteiger partial charge >= 0.3 is 0 Å². The van der Waals surface area contributed by atoms with Gasteiger partial charge in [-0.05, 0) is 39.2 Å². The van der Waals surface area contributed by atoms with Crippen molar-refractivity contribution in [3.05, 3.63) is 17.5 Å². The molecule has 5 heteroatoms. The van der Waals surface area contributed by atoms with E-state index < -0.39 is 0 Å². The van der Waals surface area contributed by atoms with Gasteiger partial charge in [-0.1, -0.05) is 0 Å². The summed E-state index contributed by atoms with van der Waals surface area (Å²) in [6.07, 6.45) is 3.27. The molecule has 0 saturated carbocycles. The van der Waals surface area contributed by atoms with Crippen molar-refractivity contribution in [2.24, 2.45) is 0 Å². The molecule has 0 radical (unpaired) electrons. The fraction of sp³-hybridized carbons (Fsp3) is 0.643. The molecule has 1 aliphatic rings. The third-order valence-electron chi connectivity index (χ3n) is 3.46. The average Bonchev–Trinajstić information content (AvgIpc) is 2.75. The number of hydrogen-bond donors (Lipinski definition) is 1. The SMILES string of the molecule is CC(=O)NCC[C@@H]1CCCN1c1nc(C)cc(C)n1. The lowest BCUT2D eigenvalue weighted by atomic mass is 10.1. The summed E-state index contributed by atoms with van der Waals surface area (Å²) in [5.74, 6) is 0.870. The first-order valence-electron chi connectivity index (χ1n) is 6.89. The lowest BCUT2D eigenvalue weighted by Gasteiger charge is -2.25. The van der Waals surface area contributed by atoms with E-state index >= 15 is 0 Å². The van der Waals surface area contributed by atoms with Gasteiger partial charge in [0.25, 0.3) is 0 Å². The number of anilines is 1. The van der Waals surface area contributed by atoms with Gasteiger partial charge in [-0.2, -0.15) is 0 Å². The number of hydrogen-bond acceptors (Lipinski definition) is 4. The second kappa shape index (κ2) is 5.99. The standard InChI is InChI=1S/C14H22N4O/c1-10-9-11(2)17-14(16-10)18-8-4-5-13(18)6-7-15-12(3)19/h9,13H,4-8H2,1-3H3,(H,15,19)/t13-/m0/s1. The molecular formula is C14H22N4O. The molecule has 1 saturated heterocycles. The second-order valence-electron chi connectivity index (χ2n) is 5.21. The Kier molecular flexibility index (Phi) is 4.35. The fourth-order valence-electron chi connectivity index (χ4n) is 2.65. The number of amides is 1. The highest BCUT2D eigenvalue weighted by molar-refractivity contribution is 5.72. The first-order chi connectivity index (χ1) is 9.06. The highest BCUT2D eigenvalue weighted by atomic mass is 16.1. The van der Waals surface area contributed by atoms with Crippen LogP contribution in [0.15, 0.2) is 6.07 Å². The Bertz CT molecular complexity index is 441. The van der Waals surface area contributed by atoms with E-state index in [1.165, 1.54) is 6.42 Å². The number of carbonyl (C=O) groups excluding carboxylic acids is 1. The quantitative estimate of drug-likeness (QED) is 0.895. The molecule has 2 rings (SSSR count). The largest absolute Gasteiger partial charge is 0.356 e. The third-order valence-corrected chi connectivity index (χ3v) is 3.46. The third kappa shape index (κ3) is 3.66. The summed E-state index contributed by atoms with van der Waals surface area (Å²) in [6, 6.07) is 2.43. The van der Waals surface area contributed by atoms with Crippen LogP contribution in [0.2, 0.25) is 0 Å². The smallest absolute Gasteiger partial charge is 0.226 e. The van der Waals surface area contributed by atoms with E-state index in [4.69, 9.17) is 0 Å². The van der Waals surface area contributed by atoms with Crippen LogP contribution in [-0.4, -0.2) is 35.0 Å². The fourth-order valence-corrected chi connectivity index (χ4v) is 2.65. The first kappa shape index (κ1) is 13.8. The molecule has 0 bridgehead atoms. The molecule has 1 aromatic heterocycles. The van der Waals surface area contributed by atoms with Gasteiger partial charge in [-0.3, -0.25) is 4.79 Å². The summed E-state index contributed by atoms with van der Waals surface area (Å²) in [7, 11) is 0. The topological polar surface area (TPSA) is 58.1 Å². The van der Waals surface area contributed by atoms with Gasteiger partial charge in [0.05, 0.1) is 0 Å². The van der Waals surface area contributed by atoms with Gasteiger partial charge in [-0.25, -0.2) is 9.97 Å². The monoisotopic (exact) mass is 262 g/mol. The number of aromatic nitrogens is 2. The van der Waals surface area contributed by atoms with Gasteiger partial charge in [0.2, 0.25) is 11.9 Å². The summed E-state index contributed by atoms with van der Waals surface area (Å²) in [5, 5.41) is 2.86. The Balaban J connectivity index is 2.03. The zero-order valence-electron chi connectivity index (χ0n) is 11.9. The van der Waals surface area contributed by atoms with Crippen molar-refractivity contribution in [1.82, 2.24) is 15.3 Å². The summed E-state index contributed by atoms with van der Waals surface area (Å²) in [4.78, 5) is 22.3. The second-order valence-corrected chi connectivity index (χ2v) is 5.21. The van der Waals surface area contributed by atoms with Crippen molar-refractivity contribution in [2.45, 2.75) is 46.1 Å². The molecule has 1 aromatic rings. The summed E-state index contributed by atoms with van der Waals surface area (Å²) in [6.45, 7) is 7.29. The minimum atomic E-state index is 0.0344. The predicted octanol–water partition coefficient (Wildman–Crippen LogP) is 1.59. The molecule has 0 aliphatic carbocycles. The van der Waals surface area contributed by atoms with Crippen molar-refractivity contribution in [3.8, 4) is 0 Å². The lowest BCUT2D eigenvalue weighted by Crippen LogP contribution is -2.34. The Morgan fingerprint density at radius 1 is 1.42 bits per heavy atom. The van der Waals surface area contributed by atoms with E-state index in [0.29, 0.717) is 6.04 Å². The molecule has 1 atom stereocenters. The van der Waals surface area contributed by atoms with Crippen molar-refractivity contribution < 1.29 is 4.79 Å². The van der Waals surface area contributed by atoms with Crippen molar-refractivity contribution in [3.63, 3.8) is 0 Å². The molecule has 104 valence electrons. The van der Waals surface area contributed by atoms with Crippen LogP contribution >= 0.6 is 0 Å². The Morgan fingerprint density at radius 3 is 2.74 bits per heavy atom. The summed E-state index contributed by atoms with van der Waals surface area (Å²) < 4.78 is 0. The number of rotatable bonds is 4. The molecule has 1 N–H and O–H groups in total. The van der Waals surface area contributed by atoms with Crippen LogP contribution in [-0.2, 0) is 4.79 Å². The van der Waals surface area contributed by atoms with Crippen LogP contribution in [0.5, 0.6) is 0 Å². The van der Waals surface area contributed by atoms with E-state index in [9.17, 15) is 4.79 Å². The van der Waals surface area contributed by atoms with E-state index in [2.05, 4.69) is 20.2 Å². The van der Waals surface area contributed by atoms with Crippen LogP contribution in [0.1, 0.15) is 37.6 Å². The van der Waals surface area contributed by atoms with Crippen LogP contribution in [0.4, 0.5) is 5.95 Å². The Hall–Kier alpha value is -1.65. The minimum absolute atomic E-state index is 0.0344. The number of carbonyl (C=O) groups is 1. The van der Waals surface area contributed by atoms with E-state index in [1.807, 2.05) is 19.9 Å². The number of nitrogens with one attached hydrogen (secondary N) is 1. The van der Waals surface area contributed by atoms with Crippen molar-refractivity contribution in [2.75, 3.05) is 18.0 Å². The van der Waals surface area contributed by atoms with Crippen LogP contribution in [0, 0.1) is 13.8 Å². The van der Waals surface area contributed by atoms with Gasteiger partial charge < -0.3 is 10.2 Å². The van der Waals surface area contributed by atoms with Gasteiger partial charge in [0.15, 0.2) is 0 Å². The van der Waals surface area contributed by atoms with Gasteiger partial charge in [0.1, 0.15) is 0 Å². The molecule has 1 amide bonds. The number of nitrogens with zero attached hydrogens (tertiary/aromatic N) is 3. The van der Waals surface area contributed by atoms with Crippen molar-refractivity contribution in [1.29, 1.82) is 0 Å². The average molecular weight is 262 g/mol. The molecule has 1 fully saturated rings. The van der Waals surface area contributed by atoms with Gasteiger partial charge in [0, 0.05) is 37.4 Å². The predicted molar refractivity (Wildman–Crippen MR) is 75.2 cm³/mol. The maximum absolute atomic E-state index is 10.9. The van der Waals surface area contributed by atoms with E-state index in [-0.39, 0.29) is 5.91 Å². The highest BCUT2D eigenvalue weighted by Crippen LogP contribution is 2.24.